The molecular formula is C33H35ClN2O6. The van der Waals surface area contributed by atoms with E-state index in [0.29, 0.717) is 52.4 Å². The zero-order valence-corrected chi connectivity index (χ0v) is 25.0. The van der Waals surface area contributed by atoms with Crippen molar-refractivity contribution >= 4 is 40.7 Å². The van der Waals surface area contributed by atoms with Crippen LogP contribution in [0.4, 0.5) is 5.69 Å². The Balaban J connectivity index is 1.53. The summed E-state index contributed by atoms with van der Waals surface area (Å²) in [5, 5.41) is 12.8. The van der Waals surface area contributed by atoms with Gasteiger partial charge in [-0.25, -0.2) is 0 Å². The molecule has 2 aliphatic carbocycles. The van der Waals surface area contributed by atoms with Crippen LogP contribution < -0.4 is 10.1 Å². The molecule has 0 saturated heterocycles. The van der Waals surface area contributed by atoms with Crippen molar-refractivity contribution < 1.29 is 29.0 Å². The zero-order chi connectivity index (χ0) is 30.4. The van der Waals surface area contributed by atoms with E-state index in [-0.39, 0.29) is 59.3 Å². The average Bonchev–Trinajstić information content (AvgIpc) is 2.88. The highest BCUT2D eigenvalue weighted by molar-refractivity contribution is 6.32. The molecule has 5 rings (SSSR count). The smallest absolute Gasteiger partial charge is 0.323 e. The van der Waals surface area contributed by atoms with E-state index in [2.05, 4.69) is 5.32 Å². The van der Waals surface area contributed by atoms with E-state index in [9.17, 15) is 24.3 Å². The van der Waals surface area contributed by atoms with Gasteiger partial charge in [-0.05, 0) is 53.5 Å². The number of rotatable bonds is 7. The van der Waals surface area contributed by atoms with Crippen molar-refractivity contribution in [3.05, 3.63) is 81.7 Å². The number of anilines is 1. The molecule has 1 amide bonds. The van der Waals surface area contributed by atoms with Crippen molar-refractivity contribution in [2.24, 2.45) is 10.8 Å². The number of hydrogen-bond acceptors (Lipinski definition) is 6. The number of halogens is 1. The Morgan fingerprint density at radius 1 is 0.929 bits per heavy atom. The molecule has 42 heavy (non-hydrogen) atoms. The molecule has 2 N–H and O–H groups in total. The third-order valence-electron chi connectivity index (χ3n) is 8.02. The van der Waals surface area contributed by atoms with Crippen LogP contribution in [0.3, 0.4) is 0 Å². The van der Waals surface area contributed by atoms with Gasteiger partial charge in [0.15, 0.2) is 18.2 Å². The maximum atomic E-state index is 13.8. The Hall–Kier alpha value is -3.91. The number of carbonyl (C=O) groups excluding carboxylic acids is 3. The molecule has 1 aliphatic heterocycles. The normalized spacial score (nSPS) is 19.8. The summed E-state index contributed by atoms with van der Waals surface area (Å²) < 4.78 is 5.71. The summed E-state index contributed by atoms with van der Waals surface area (Å²) in [6, 6.07) is 14.1. The summed E-state index contributed by atoms with van der Waals surface area (Å²) in [4.78, 5) is 53.7. The highest BCUT2D eigenvalue weighted by Crippen LogP contribution is 2.54. The third kappa shape index (κ3) is 6.00. The van der Waals surface area contributed by atoms with Gasteiger partial charge in [-0.2, -0.15) is 0 Å². The highest BCUT2D eigenvalue weighted by atomic mass is 35.5. The van der Waals surface area contributed by atoms with E-state index >= 15 is 0 Å². The number of carbonyl (C=O) groups is 4. The molecule has 9 heteroatoms. The monoisotopic (exact) mass is 590 g/mol. The number of allylic oxidation sites excluding steroid dienone is 4. The molecule has 3 aliphatic rings. The summed E-state index contributed by atoms with van der Waals surface area (Å²) in [6.45, 7) is 7.42. The molecule has 0 aromatic heterocycles. The lowest BCUT2D eigenvalue weighted by atomic mass is 9.63. The van der Waals surface area contributed by atoms with Crippen molar-refractivity contribution in [1.29, 1.82) is 0 Å². The fourth-order valence-electron chi connectivity index (χ4n) is 6.38. The number of carboxylic acid groups (broad SMARTS) is 1. The summed E-state index contributed by atoms with van der Waals surface area (Å²) in [5.41, 5.74) is 2.85. The molecule has 0 fully saturated rings. The summed E-state index contributed by atoms with van der Waals surface area (Å²) in [5.74, 6) is -1.94. The van der Waals surface area contributed by atoms with E-state index in [1.54, 1.807) is 35.2 Å². The van der Waals surface area contributed by atoms with Gasteiger partial charge in [-0.1, -0.05) is 63.6 Å². The van der Waals surface area contributed by atoms with Crippen LogP contribution in [0.15, 0.2) is 71.1 Å². The van der Waals surface area contributed by atoms with Crippen LogP contribution in [0.1, 0.15) is 64.9 Å². The summed E-state index contributed by atoms with van der Waals surface area (Å²) >= 11 is 6.66. The fourth-order valence-corrected chi connectivity index (χ4v) is 6.63. The molecule has 1 heterocycles. The maximum absolute atomic E-state index is 13.8. The Labute approximate surface area is 250 Å². The van der Waals surface area contributed by atoms with E-state index < -0.39 is 11.9 Å². The largest absolute Gasteiger partial charge is 0.482 e. The van der Waals surface area contributed by atoms with Gasteiger partial charge in [0, 0.05) is 47.0 Å². The minimum absolute atomic E-state index is 0.0974. The number of nitrogens with zero attached hydrogens (tertiary/aromatic N) is 1. The molecule has 0 radical (unpaired) electrons. The number of amides is 1. The van der Waals surface area contributed by atoms with E-state index in [1.165, 1.54) is 0 Å². The first kappa shape index (κ1) is 29.6. The summed E-state index contributed by atoms with van der Waals surface area (Å²) in [7, 11) is 0. The molecule has 0 saturated carbocycles. The van der Waals surface area contributed by atoms with Crippen molar-refractivity contribution in [3.63, 3.8) is 0 Å². The van der Waals surface area contributed by atoms with E-state index in [1.807, 2.05) is 45.9 Å². The minimum atomic E-state index is -1.03. The van der Waals surface area contributed by atoms with Crippen LogP contribution in [0.2, 0.25) is 5.02 Å². The van der Waals surface area contributed by atoms with Crippen LogP contribution in [0.5, 0.6) is 5.75 Å². The van der Waals surface area contributed by atoms with Crippen LogP contribution in [-0.4, -0.2) is 46.6 Å². The van der Waals surface area contributed by atoms with Crippen LogP contribution in [0, 0.1) is 10.8 Å². The molecule has 0 unspecified atom stereocenters. The Kier molecular flexibility index (Phi) is 7.79. The lowest BCUT2D eigenvalue weighted by Crippen LogP contribution is -2.45. The maximum Gasteiger partial charge on any atom is 0.323 e. The number of benzene rings is 2. The first-order chi connectivity index (χ1) is 19.7. The van der Waals surface area contributed by atoms with Crippen LogP contribution >= 0.6 is 11.6 Å². The number of hydrogen-bond donors (Lipinski definition) is 2. The van der Waals surface area contributed by atoms with Crippen molar-refractivity contribution in [1.82, 2.24) is 4.90 Å². The Morgan fingerprint density at radius 2 is 1.50 bits per heavy atom. The van der Waals surface area contributed by atoms with Gasteiger partial charge in [0.2, 0.25) is 0 Å². The number of Topliss-reactive ketones (excluding diaryl/α,β-unsaturated/α-hetero) is 2. The SMILES string of the molecule is CC1(C)CC(=O)C2=C(C1)N(CC(=O)O)C1=C(C(=O)CC(C)(C)C1)C2c1ccc(OCC(=O)Nc2ccccc2)c(Cl)c1. The Morgan fingerprint density at radius 3 is 2.02 bits per heavy atom. The number of ether oxygens (including phenoxy) is 1. The fraction of sp³-hybridized carbons (Fsp3) is 0.394. The van der Waals surface area contributed by atoms with Crippen LogP contribution in [-0.2, 0) is 19.2 Å². The lowest BCUT2D eigenvalue weighted by Gasteiger charge is -2.48. The molecule has 8 nitrogen and oxygen atoms in total. The number of aliphatic carboxylic acids is 1. The zero-order valence-electron chi connectivity index (χ0n) is 24.3. The number of nitrogens with one attached hydrogen (secondary N) is 1. The van der Waals surface area contributed by atoms with Gasteiger partial charge >= 0.3 is 5.97 Å². The van der Waals surface area contributed by atoms with Crippen LogP contribution in [0.25, 0.3) is 0 Å². The topological polar surface area (TPSA) is 113 Å². The quantitative estimate of drug-likeness (QED) is 0.399. The molecule has 2 aromatic carbocycles. The number of para-hydroxylation sites is 1. The molecule has 220 valence electrons. The van der Waals surface area contributed by atoms with Gasteiger partial charge < -0.3 is 20.1 Å². The average molecular weight is 591 g/mol. The lowest BCUT2D eigenvalue weighted by molar-refractivity contribution is -0.138. The molecule has 2 aromatic rings. The van der Waals surface area contributed by atoms with E-state index in [4.69, 9.17) is 16.3 Å². The number of ketones is 2. The highest BCUT2D eigenvalue weighted by Gasteiger charge is 2.49. The van der Waals surface area contributed by atoms with Gasteiger partial charge in [0.05, 0.1) is 5.02 Å². The minimum Gasteiger partial charge on any atom is -0.482 e. The second-order valence-electron chi connectivity index (χ2n) is 12.9. The first-order valence-corrected chi connectivity index (χ1v) is 14.4. The second-order valence-corrected chi connectivity index (χ2v) is 13.3. The first-order valence-electron chi connectivity index (χ1n) is 14.0. The Bertz CT molecular complexity index is 1480. The van der Waals surface area contributed by atoms with Crippen molar-refractivity contribution in [3.8, 4) is 5.75 Å². The molecule has 0 atom stereocenters. The van der Waals surface area contributed by atoms with Gasteiger partial charge in [0.1, 0.15) is 12.3 Å². The third-order valence-corrected chi connectivity index (χ3v) is 8.32. The molecule has 0 bridgehead atoms. The van der Waals surface area contributed by atoms with Gasteiger partial charge in [0.25, 0.3) is 5.91 Å². The molecule has 0 spiro atoms. The standard InChI is InChI=1S/C33H35ClN2O6/c1-32(2)13-22-30(24(37)15-32)29(31-23(36(22)17-28(40)41)14-33(3,4)16-25(31)38)19-10-11-26(21(34)12-19)42-18-27(39)35-20-8-6-5-7-9-20/h5-12,29H,13-18H2,1-4H3,(H,35,39)(H,40,41). The number of carboxylic acids is 1. The second kappa shape index (κ2) is 11.1. The predicted octanol–water partition coefficient (Wildman–Crippen LogP) is 6.13. The van der Waals surface area contributed by atoms with Gasteiger partial charge in [-0.3, -0.25) is 19.2 Å². The van der Waals surface area contributed by atoms with Crippen molar-refractivity contribution in [2.45, 2.75) is 59.3 Å². The van der Waals surface area contributed by atoms with E-state index in [0.717, 1.165) is 0 Å². The predicted molar refractivity (Wildman–Crippen MR) is 159 cm³/mol. The summed E-state index contributed by atoms with van der Waals surface area (Å²) in [6.07, 6.45) is 1.59. The van der Waals surface area contributed by atoms with Crippen molar-refractivity contribution in [2.75, 3.05) is 18.5 Å². The molecular weight excluding hydrogens is 556 g/mol. The van der Waals surface area contributed by atoms with Gasteiger partial charge in [-0.15, -0.1) is 0 Å².